The first-order valence-corrected chi connectivity index (χ1v) is 5.16. The average molecular weight is 214 g/mol. The average Bonchev–Trinajstić information content (AvgIpc) is 3.09. The van der Waals surface area contributed by atoms with E-state index in [0.717, 1.165) is 16.5 Å². The van der Waals surface area contributed by atoms with E-state index < -0.39 is 11.4 Å². The van der Waals surface area contributed by atoms with Crippen LogP contribution in [0.3, 0.4) is 0 Å². The van der Waals surface area contributed by atoms with Gasteiger partial charge in [0, 0.05) is 24.0 Å². The highest BCUT2D eigenvalue weighted by Gasteiger charge is 2.52. The summed E-state index contributed by atoms with van der Waals surface area (Å²) in [5.74, 6) is -0.752. The summed E-state index contributed by atoms with van der Waals surface area (Å²) in [7, 11) is 0. The third-order valence-electron chi connectivity index (χ3n) is 3.19. The molecule has 80 valence electrons. The predicted molar refractivity (Wildman–Crippen MR) is 58.1 cm³/mol. The van der Waals surface area contributed by atoms with E-state index in [0.29, 0.717) is 12.8 Å². The van der Waals surface area contributed by atoms with Crippen LogP contribution in [0.25, 0.3) is 10.9 Å². The molecule has 0 spiro atoms. The molecule has 2 aromatic heterocycles. The quantitative estimate of drug-likeness (QED) is 0.827. The Bertz CT molecular complexity index is 576. The lowest BCUT2D eigenvalue weighted by Crippen LogP contribution is -2.19. The van der Waals surface area contributed by atoms with Crippen LogP contribution in [-0.4, -0.2) is 21.0 Å². The van der Waals surface area contributed by atoms with E-state index in [9.17, 15) is 9.90 Å². The Morgan fingerprint density at radius 2 is 2.19 bits per heavy atom. The van der Waals surface area contributed by atoms with E-state index in [1.54, 1.807) is 18.6 Å². The molecule has 0 aliphatic heterocycles. The molecule has 1 aliphatic carbocycles. The molecule has 16 heavy (non-hydrogen) atoms. The van der Waals surface area contributed by atoms with Gasteiger partial charge < -0.3 is 5.11 Å². The molecule has 0 unspecified atom stereocenters. The summed E-state index contributed by atoms with van der Waals surface area (Å²) in [6.07, 6.45) is 6.47. The first-order chi connectivity index (χ1) is 7.72. The first kappa shape index (κ1) is 9.27. The van der Waals surface area contributed by atoms with E-state index in [1.807, 2.05) is 12.1 Å². The number of fused-ring (bicyclic) bond motifs is 1. The molecular formula is C12H10N2O2. The van der Waals surface area contributed by atoms with Crippen LogP contribution < -0.4 is 0 Å². The number of aromatic nitrogens is 2. The van der Waals surface area contributed by atoms with Crippen LogP contribution in [0.4, 0.5) is 0 Å². The number of carboxylic acid groups (broad SMARTS) is 1. The summed E-state index contributed by atoms with van der Waals surface area (Å²) in [6.45, 7) is 0. The minimum Gasteiger partial charge on any atom is -0.481 e. The molecule has 2 aromatic rings. The minimum atomic E-state index is -0.752. The number of carbonyl (C=O) groups is 1. The standard InChI is InChI=1S/C12H10N2O2/c15-11(16)12(2-3-12)9-5-8-6-13-4-1-10(8)14-7-9/h1,4-7H,2-3H2,(H,15,16). The summed E-state index contributed by atoms with van der Waals surface area (Å²) < 4.78 is 0. The molecular weight excluding hydrogens is 204 g/mol. The van der Waals surface area contributed by atoms with Crippen molar-refractivity contribution in [3.8, 4) is 0 Å². The van der Waals surface area contributed by atoms with Crippen molar-refractivity contribution in [3.05, 3.63) is 36.3 Å². The Hall–Kier alpha value is -1.97. The topological polar surface area (TPSA) is 63.1 Å². The lowest BCUT2D eigenvalue weighted by Gasteiger charge is -2.09. The van der Waals surface area contributed by atoms with Gasteiger partial charge in [-0.25, -0.2) is 0 Å². The molecule has 4 heteroatoms. The van der Waals surface area contributed by atoms with Gasteiger partial charge in [0.2, 0.25) is 0 Å². The van der Waals surface area contributed by atoms with Gasteiger partial charge in [-0.2, -0.15) is 0 Å². The number of hydrogen-bond acceptors (Lipinski definition) is 3. The van der Waals surface area contributed by atoms with Crippen LogP contribution >= 0.6 is 0 Å². The summed E-state index contributed by atoms with van der Waals surface area (Å²) in [4.78, 5) is 19.5. The van der Waals surface area contributed by atoms with Crippen molar-refractivity contribution in [2.75, 3.05) is 0 Å². The van der Waals surface area contributed by atoms with Crippen molar-refractivity contribution in [2.24, 2.45) is 0 Å². The van der Waals surface area contributed by atoms with Crippen LogP contribution in [-0.2, 0) is 10.2 Å². The number of nitrogens with zero attached hydrogens (tertiary/aromatic N) is 2. The van der Waals surface area contributed by atoms with Gasteiger partial charge in [-0.05, 0) is 30.5 Å². The fraction of sp³-hybridized carbons (Fsp3) is 0.250. The molecule has 0 amide bonds. The fourth-order valence-corrected chi connectivity index (χ4v) is 1.98. The van der Waals surface area contributed by atoms with Gasteiger partial charge in [-0.1, -0.05) is 0 Å². The predicted octanol–water partition coefficient (Wildman–Crippen LogP) is 1.75. The van der Waals surface area contributed by atoms with Crippen molar-refractivity contribution in [3.63, 3.8) is 0 Å². The third kappa shape index (κ3) is 1.19. The van der Waals surface area contributed by atoms with Crippen molar-refractivity contribution < 1.29 is 9.90 Å². The van der Waals surface area contributed by atoms with Gasteiger partial charge in [0.1, 0.15) is 0 Å². The van der Waals surface area contributed by atoms with Gasteiger partial charge >= 0.3 is 5.97 Å². The lowest BCUT2D eigenvalue weighted by molar-refractivity contribution is -0.140. The maximum Gasteiger partial charge on any atom is 0.314 e. The number of pyridine rings is 2. The van der Waals surface area contributed by atoms with Crippen LogP contribution in [0.2, 0.25) is 0 Å². The monoisotopic (exact) mass is 214 g/mol. The highest BCUT2D eigenvalue weighted by molar-refractivity contribution is 5.87. The molecule has 0 atom stereocenters. The molecule has 0 radical (unpaired) electrons. The van der Waals surface area contributed by atoms with Crippen LogP contribution in [0, 0.1) is 0 Å². The van der Waals surface area contributed by atoms with Crippen LogP contribution in [0.5, 0.6) is 0 Å². The van der Waals surface area contributed by atoms with Crippen LogP contribution in [0.15, 0.2) is 30.7 Å². The molecule has 0 aromatic carbocycles. The Morgan fingerprint density at radius 1 is 1.38 bits per heavy atom. The molecule has 4 nitrogen and oxygen atoms in total. The normalized spacial score (nSPS) is 17.2. The van der Waals surface area contributed by atoms with Crippen molar-refractivity contribution in [1.82, 2.24) is 9.97 Å². The van der Waals surface area contributed by atoms with Crippen molar-refractivity contribution in [2.45, 2.75) is 18.3 Å². The first-order valence-electron chi connectivity index (χ1n) is 5.16. The maximum absolute atomic E-state index is 11.2. The van der Waals surface area contributed by atoms with Gasteiger partial charge in [-0.15, -0.1) is 0 Å². The Balaban J connectivity index is 2.16. The molecule has 0 bridgehead atoms. The molecule has 3 rings (SSSR count). The fourth-order valence-electron chi connectivity index (χ4n) is 1.98. The zero-order chi connectivity index (χ0) is 11.2. The van der Waals surface area contributed by atoms with Crippen LogP contribution in [0.1, 0.15) is 18.4 Å². The van der Waals surface area contributed by atoms with E-state index in [4.69, 9.17) is 0 Å². The second-order valence-corrected chi connectivity index (χ2v) is 4.18. The maximum atomic E-state index is 11.2. The molecule has 0 saturated heterocycles. The van der Waals surface area contributed by atoms with Gasteiger partial charge in [0.25, 0.3) is 0 Å². The number of hydrogen-bond donors (Lipinski definition) is 1. The largest absolute Gasteiger partial charge is 0.481 e. The van der Waals surface area contributed by atoms with Crippen molar-refractivity contribution in [1.29, 1.82) is 0 Å². The van der Waals surface area contributed by atoms with Gasteiger partial charge in [0.15, 0.2) is 0 Å². The molecule has 2 heterocycles. The summed E-state index contributed by atoms with van der Waals surface area (Å²) in [6, 6.07) is 3.70. The smallest absolute Gasteiger partial charge is 0.314 e. The Kier molecular flexibility index (Phi) is 1.74. The zero-order valence-electron chi connectivity index (χ0n) is 8.55. The molecule has 1 saturated carbocycles. The second kappa shape index (κ2) is 3.01. The Morgan fingerprint density at radius 3 is 2.88 bits per heavy atom. The minimum absolute atomic E-state index is 0.684. The lowest BCUT2D eigenvalue weighted by atomic mass is 9.97. The summed E-state index contributed by atoms with van der Waals surface area (Å²) >= 11 is 0. The van der Waals surface area contributed by atoms with E-state index in [1.165, 1.54) is 0 Å². The van der Waals surface area contributed by atoms with E-state index >= 15 is 0 Å². The summed E-state index contributed by atoms with van der Waals surface area (Å²) in [5, 5.41) is 10.1. The molecule has 1 fully saturated rings. The van der Waals surface area contributed by atoms with E-state index in [2.05, 4.69) is 9.97 Å². The zero-order valence-corrected chi connectivity index (χ0v) is 8.55. The number of rotatable bonds is 2. The molecule has 1 N–H and O–H groups in total. The highest BCUT2D eigenvalue weighted by atomic mass is 16.4. The summed E-state index contributed by atoms with van der Waals surface area (Å²) in [5.41, 5.74) is 0.956. The number of carboxylic acids is 1. The second-order valence-electron chi connectivity index (χ2n) is 4.18. The van der Waals surface area contributed by atoms with E-state index in [-0.39, 0.29) is 0 Å². The van der Waals surface area contributed by atoms with Gasteiger partial charge in [-0.3, -0.25) is 14.8 Å². The third-order valence-corrected chi connectivity index (χ3v) is 3.19. The number of aliphatic carboxylic acids is 1. The van der Waals surface area contributed by atoms with Crippen molar-refractivity contribution >= 4 is 16.9 Å². The Labute approximate surface area is 92.0 Å². The SMILES string of the molecule is O=C(O)C1(c2cnc3ccncc3c2)CC1. The molecule has 1 aliphatic rings. The highest BCUT2D eigenvalue weighted by Crippen LogP contribution is 2.48. The van der Waals surface area contributed by atoms with Gasteiger partial charge in [0.05, 0.1) is 10.9 Å².